The molecular weight excluding hydrogens is 310 g/mol. The van der Waals surface area contributed by atoms with Gasteiger partial charge in [-0.15, -0.1) is 0 Å². The van der Waals surface area contributed by atoms with Crippen molar-refractivity contribution in [3.8, 4) is 0 Å². The summed E-state index contributed by atoms with van der Waals surface area (Å²) < 4.78 is 0.864. The van der Waals surface area contributed by atoms with E-state index in [0.717, 1.165) is 10.0 Å². The monoisotopic (exact) mass is 327 g/mol. The number of amides is 1. The maximum Gasteiger partial charge on any atom is 0.323 e. The van der Waals surface area contributed by atoms with Gasteiger partial charge in [0.1, 0.15) is 6.54 Å². The molecule has 1 N–H and O–H groups in total. The summed E-state index contributed by atoms with van der Waals surface area (Å²) in [5.74, 6) is -0.911. The molecule has 0 aromatic heterocycles. The summed E-state index contributed by atoms with van der Waals surface area (Å²) in [6.07, 6.45) is 0.210. The van der Waals surface area contributed by atoms with Crippen molar-refractivity contribution in [2.24, 2.45) is 5.92 Å². The largest absolute Gasteiger partial charge is 0.480 e. The van der Waals surface area contributed by atoms with Gasteiger partial charge in [0, 0.05) is 11.0 Å². The summed E-state index contributed by atoms with van der Waals surface area (Å²) in [4.78, 5) is 24.4. The van der Waals surface area contributed by atoms with E-state index >= 15 is 0 Å². The van der Waals surface area contributed by atoms with Crippen LogP contribution in [-0.4, -0.2) is 35.0 Å². The summed E-state index contributed by atoms with van der Waals surface area (Å²) in [6.45, 7) is 4.12. The van der Waals surface area contributed by atoms with Crippen molar-refractivity contribution in [2.75, 3.05) is 13.1 Å². The molecule has 0 unspecified atom stereocenters. The van der Waals surface area contributed by atoms with Crippen molar-refractivity contribution in [3.05, 3.63) is 34.3 Å². The molecule has 1 aromatic rings. The van der Waals surface area contributed by atoms with Crippen LogP contribution in [0.5, 0.6) is 0 Å². The molecule has 0 heterocycles. The minimum atomic E-state index is -0.985. The normalized spacial score (nSPS) is 10.5. The Hall–Kier alpha value is -1.36. The van der Waals surface area contributed by atoms with Gasteiger partial charge in [0.05, 0.1) is 6.42 Å². The lowest BCUT2D eigenvalue weighted by Crippen LogP contribution is -2.39. The molecule has 0 radical (unpaired) electrons. The molecule has 0 saturated heterocycles. The van der Waals surface area contributed by atoms with Crippen LogP contribution in [0.1, 0.15) is 19.4 Å². The average Bonchev–Trinajstić information content (AvgIpc) is 2.30. The molecule has 0 fully saturated rings. The maximum absolute atomic E-state index is 12.2. The molecule has 1 rings (SSSR count). The average molecular weight is 328 g/mol. The molecular formula is C14H18BrNO3. The van der Waals surface area contributed by atoms with E-state index < -0.39 is 5.97 Å². The number of rotatable bonds is 6. The van der Waals surface area contributed by atoms with E-state index in [4.69, 9.17) is 5.11 Å². The first-order chi connectivity index (χ1) is 8.90. The predicted octanol–water partition coefficient (Wildman–Crippen LogP) is 2.56. The molecule has 1 aromatic carbocycles. The third-order valence-electron chi connectivity index (χ3n) is 2.56. The number of benzene rings is 1. The predicted molar refractivity (Wildman–Crippen MR) is 76.9 cm³/mol. The zero-order valence-corrected chi connectivity index (χ0v) is 12.7. The van der Waals surface area contributed by atoms with Crippen LogP contribution in [0.15, 0.2) is 28.7 Å². The molecule has 0 bridgehead atoms. The SMILES string of the molecule is CC(C)CN(CC(=O)O)C(=O)Cc1ccccc1Br. The molecule has 0 aliphatic heterocycles. The number of hydrogen-bond acceptors (Lipinski definition) is 2. The lowest BCUT2D eigenvalue weighted by Gasteiger charge is -2.23. The van der Waals surface area contributed by atoms with Gasteiger partial charge in [0.15, 0.2) is 0 Å². The van der Waals surface area contributed by atoms with Crippen LogP contribution in [0.25, 0.3) is 0 Å². The highest BCUT2D eigenvalue weighted by atomic mass is 79.9. The zero-order valence-electron chi connectivity index (χ0n) is 11.1. The van der Waals surface area contributed by atoms with Gasteiger partial charge in [-0.1, -0.05) is 48.0 Å². The van der Waals surface area contributed by atoms with Gasteiger partial charge in [-0.3, -0.25) is 9.59 Å². The summed E-state index contributed by atoms with van der Waals surface area (Å²) >= 11 is 3.39. The van der Waals surface area contributed by atoms with Crippen molar-refractivity contribution in [1.29, 1.82) is 0 Å². The number of carboxylic acids is 1. The number of nitrogens with zero attached hydrogens (tertiary/aromatic N) is 1. The number of carbonyl (C=O) groups excluding carboxylic acids is 1. The van der Waals surface area contributed by atoms with E-state index in [1.807, 2.05) is 38.1 Å². The van der Waals surface area contributed by atoms with E-state index in [-0.39, 0.29) is 24.8 Å². The van der Waals surface area contributed by atoms with Gasteiger partial charge in [-0.2, -0.15) is 0 Å². The van der Waals surface area contributed by atoms with E-state index in [0.29, 0.717) is 6.54 Å². The first-order valence-electron chi connectivity index (χ1n) is 6.13. The second kappa shape index (κ2) is 7.28. The Labute approximate surface area is 121 Å². The van der Waals surface area contributed by atoms with Gasteiger partial charge < -0.3 is 10.0 Å². The second-order valence-corrected chi connectivity index (χ2v) is 5.68. The number of halogens is 1. The minimum Gasteiger partial charge on any atom is -0.480 e. The third kappa shape index (κ3) is 5.42. The van der Waals surface area contributed by atoms with Gasteiger partial charge >= 0.3 is 5.97 Å². The van der Waals surface area contributed by atoms with Crippen LogP contribution < -0.4 is 0 Å². The third-order valence-corrected chi connectivity index (χ3v) is 3.34. The van der Waals surface area contributed by atoms with Crippen LogP contribution in [0, 0.1) is 5.92 Å². The van der Waals surface area contributed by atoms with E-state index in [2.05, 4.69) is 15.9 Å². The van der Waals surface area contributed by atoms with Crippen molar-refractivity contribution >= 4 is 27.8 Å². The first kappa shape index (κ1) is 15.7. The summed E-state index contributed by atoms with van der Waals surface area (Å²) in [5, 5.41) is 8.86. The molecule has 4 nitrogen and oxygen atoms in total. The Morgan fingerprint density at radius 3 is 2.47 bits per heavy atom. The van der Waals surface area contributed by atoms with Crippen LogP contribution >= 0.6 is 15.9 Å². The molecule has 0 aliphatic rings. The van der Waals surface area contributed by atoms with Crippen molar-refractivity contribution in [3.63, 3.8) is 0 Å². The van der Waals surface area contributed by atoms with E-state index in [1.54, 1.807) is 0 Å². The maximum atomic E-state index is 12.2. The molecule has 5 heteroatoms. The van der Waals surface area contributed by atoms with E-state index in [1.165, 1.54) is 4.90 Å². The number of hydrogen-bond donors (Lipinski definition) is 1. The Morgan fingerprint density at radius 1 is 1.32 bits per heavy atom. The van der Waals surface area contributed by atoms with Crippen molar-refractivity contribution in [2.45, 2.75) is 20.3 Å². The summed E-state index contributed by atoms with van der Waals surface area (Å²) in [6, 6.07) is 7.46. The van der Waals surface area contributed by atoms with Gasteiger partial charge in [-0.25, -0.2) is 0 Å². The van der Waals surface area contributed by atoms with Crippen LogP contribution in [0.3, 0.4) is 0 Å². The minimum absolute atomic E-state index is 0.164. The van der Waals surface area contributed by atoms with Crippen LogP contribution in [0.4, 0.5) is 0 Å². The van der Waals surface area contributed by atoms with Crippen molar-refractivity contribution < 1.29 is 14.7 Å². The number of aliphatic carboxylic acids is 1. The molecule has 0 atom stereocenters. The first-order valence-corrected chi connectivity index (χ1v) is 6.92. The molecule has 0 aliphatic carbocycles. The van der Waals surface area contributed by atoms with Crippen LogP contribution in [0.2, 0.25) is 0 Å². The Bertz CT molecular complexity index is 460. The van der Waals surface area contributed by atoms with Gasteiger partial charge in [-0.05, 0) is 17.5 Å². The molecule has 1 amide bonds. The zero-order chi connectivity index (χ0) is 14.4. The quantitative estimate of drug-likeness (QED) is 0.873. The second-order valence-electron chi connectivity index (χ2n) is 4.83. The molecule has 104 valence electrons. The smallest absolute Gasteiger partial charge is 0.323 e. The number of carboxylic acid groups (broad SMARTS) is 1. The fraction of sp³-hybridized carbons (Fsp3) is 0.429. The lowest BCUT2D eigenvalue weighted by atomic mass is 10.1. The fourth-order valence-corrected chi connectivity index (χ4v) is 2.20. The van der Waals surface area contributed by atoms with Crippen LogP contribution in [-0.2, 0) is 16.0 Å². The van der Waals surface area contributed by atoms with E-state index in [9.17, 15) is 9.59 Å². The number of carbonyl (C=O) groups is 2. The Morgan fingerprint density at radius 2 is 1.95 bits per heavy atom. The Kier molecular flexibility index (Phi) is 6.02. The highest BCUT2D eigenvalue weighted by Crippen LogP contribution is 2.17. The topological polar surface area (TPSA) is 57.6 Å². The highest BCUT2D eigenvalue weighted by molar-refractivity contribution is 9.10. The summed E-state index contributed by atoms with van der Waals surface area (Å²) in [5.41, 5.74) is 0.867. The standard InChI is InChI=1S/C14H18BrNO3/c1-10(2)8-16(9-14(18)19)13(17)7-11-5-3-4-6-12(11)15/h3-6,10H,7-9H2,1-2H3,(H,18,19). The lowest BCUT2D eigenvalue weighted by molar-refractivity contribution is -0.144. The fourth-order valence-electron chi connectivity index (χ4n) is 1.78. The highest BCUT2D eigenvalue weighted by Gasteiger charge is 2.18. The molecule has 19 heavy (non-hydrogen) atoms. The van der Waals surface area contributed by atoms with Gasteiger partial charge in [0.2, 0.25) is 5.91 Å². The van der Waals surface area contributed by atoms with Crippen molar-refractivity contribution in [1.82, 2.24) is 4.90 Å². The molecule has 0 spiro atoms. The van der Waals surface area contributed by atoms with Gasteiger partial charge in [0.25, 0.3) is 0 Å². The molecule has 0 saturated carbocycles. The Balaban J connectivity index is 2.76. The summed E-state index contributed by atoms with van der Waals surface area (Å²) in [7, 11) is 0.